The number of nitrogens with one attached hydrogen (secondary N) is 2. The van der Waals surface area contributed by atoms with Crippen molar-refractivity contribution in [1.29, 1.82) is 0 Å². The van der Waals surface area contributed by atoms with Crippen LogP contribution in [0.3, 0.4) is 0 Å². The lowest BCUT2D eigenvalue weighted by molar-refractivity contribution is -0.122. The fraction of sp³-hybridized carbons (Fsp3) is 0.200. The number of rotatable bonds is 8. The van der Waals surface area contributed by atoms with Gasteiger partial charge in [0.2, 0.25) is 11.8 Å². The number of hydrogen-bond acceptors (Lipinski definition) is 8. The lowest BCUT2D eigenvalue weighted by atomic mass is 9.83. The monoisotopic (exact) mass is 665 g/mol. The van der Waals surface area contributed by atoms with Gasteiger partial charge in [-0.05, 0) is 61.0 Å². The summed E-state index contributed by atoms with van der Waals surface area (Å²) in [4.78, 5) is 57.0. The van der Waals surface area contributed by atoms with Crippen LogP contribution in [-0.2, 0) is 14.4 Å². The summed E-state index contributed by atoms with van der Waals surface area (Å²) in [5.74, 6) is -1.53. The minimum atomic E-state index is -0.733. The van der Waals surface area contributed by atoms with E-state index >= 15 is 0 Å². The zero-order chi connectivity index (χ0) is 29.4. The predicted octanol–water partition coefficient (Wildman–Crippen LogP) is 5.41. The molecule has 214 valence electrons. The van der Waals surface area contributed by atoms with E-state index in [-0.39, 0.29) is 29.2 Å². The minimum Gasteiger partial charge on any atom is -0.490 e. The first-order valence-corrected chi connectivity index (χ1v) is 15.6. The Labute approximate surface area is 257 Å². The number of thiazole rings is 1. The van der Waals surface area contributed by atoms with Gasteiger partial charge in [0.05, 0.1) is 23.2 Å². The highest BCUT2D eigenvalue weighted by molar-refractivity contribution is 9.10. The topological polar surface area (TPSA) is 118 Å². The number of carbonyl (C=O) groups excluding carboxylic acids is 3. The highest BCUT2D eigenvalue weighted by Gasteiger charge is 2.56. The van der Waals surface area contributed by atoms with Crippen molar-refractivity contribution in [3.8, 4) is 11.5 Å². The van der Waals surface area contributed by atoms with Gasteiger partial charge in [0.1, 0.15) is 5.25 Å². The smallest absolute Gasteiger partial charge is 0.305 e. The van der Waals surface area contributed by atoms with Crippen LogP contribution < -0.4 is 24.6 Å². The van der Waals surface area contributed by atoms with E-state index in [1.807, 2.05) is 25.1 Å². The number of H-pyrrole nitrogens is 1. The lowest BCUT2D eigenvalue weighted by Gasteiger charge is -2.30. The molecule has 1 fully saturated rings. The molecule has 9 nitrogen and oxygen atoms in total. The number of aromatic nitrogens is 1. The maximum atomic E-state index is 13.9. The molecule has 0 spiro atoms. The summed E-state index contributed by atoms with van der Waals surface area (Å²) in [5.41, 5.74) is 1.85. The van der Waals surface area contributed by atoms with Crippen molar-refractivity contribution in [2.24, 2.45) is 5.92 Å². The molecule has 3 heterocycles. The SMILES string of the molecule is CCOc1cc([C@H]2c3sc(=O)[nH]c3SC3C(=O)N(c4ccc(Br)cc4)C(=O)C32)ccc1OCC(=O)Nc1ccccc1. The number of anilines is 2. The summed E-state index contributed by atoms with van der Waals surface area (Å²) in [7, 11) is 0. The Morgan fingerprint density at radius 2 is 1.74 bits per heavy atom. The van der Waals surface area contributed by atoms with E-state index in [0.717, 1.165) is 15.8 Å². The largest absolute Gasteiger partial charge is 0.490 e. The molecular weight excluding hydrogens is 642 g/mol. The molecule has 1 aromatic heterocycles. The van der Waals surface area contributed by atoms with Crippen molar-refractivity contribution in [2.75, 3.05) is 23.4 Å². The number of hydrogen-bond donors (Lipinski definition) is 2. The van der Waals surface area contributed by atoms with E-state index in [0.29, 0.717) is 44.9 Å². The summed E-state index contributed by atoms with van der Waals surface area (Å²) < 4.78 is 12.5. The summed E-state index contributed by atoms with van der Waals surface area (Å²) in [6.45, 7) is 1.93. The number of imide groups is 1. The normalized spacial score (nSPS) is 19.3. The fourth-order valence-corrected chi connectivity index (χ4v) is 7.97. The van der Waals surface area contributed by atoms with Crippen LogP contribution in [0.25, 0.3) is 0 Å². The third kappa shape index (κ3) is 5.37. The summed E-state index contributed by atoms with van der Waals surface area (Å²) in [6.07, 6.45) is 0. The second kappa shape index (κ2) is 11.8. The second-order valence-corrected chi connectivity index (χ2v) is 12.7. The number of ether oxygens (including phenoxy) is 2. The standard InChI is InChI=1S/C30H24BrN3O6S2/c1-2-39-21-14-16(8-13-20(21)40-15-22(35)32-18-6-4-3-5-7-18)23-24-26(41-27-25(23)42-30(38)33-27)29(37)34(28(24)36)19-11-9-17(31)10-12-19/h3-14,23-24,26H,2,15H2,1H3,(H,32,35)(H,33,38)/t23-,24?,26?/m1/s1. The number of fused-ring (bicyclic) bond motifs is 2. The van der Waals surface area contributed by atoms with E-state index in [9.17, 15) is 19.2 Å². The molecule has 4 aromatic rings. The van der Waals surface area contributed by atoms with Gasteiger partial charge in [0.25, 0.3) is 5.91 Å². The Balaban J connectivity index is 1.32. The van der Waals surface area contributed by atoms with Gasteiger partial charge in [-0.15, -0.1) is 0 Å². The van der Waals surface area contributed by atoms with Crippen molar-refractivity contribution >= 4 is 68.1 Å². The van der Waals surface area contributed by atoms with Gasteiger partial charge in [-0.2, -0.15) is 0 Å². The van der Waals surface area contributed by atoms with Gasteiger partial charge >= 0.3 is 4.87 Å². The van der Waals surface area contributed by atoms with Crippen LogP contribution in [0, 0.1) is 5.92 Å². The Morgan fingerprint density at radius 1 is 0.976 bits per heavy atom. The average molecular weight is 667 g/mol. The first-order valence-electron chi connectivity index (χ1n) is 13.1. The number of nitrogens with zero attached hydrogens (tertiary/aromatic N) is 1. The van der Waals surface area contributed by atoms with Gasteiger partial charge < -0.3 is 19.8 Å². The minimum absolute atomic E-state index is 0.238. The van der Waals surface area contributed by atoms with Crippen LogP contribution in [0.1, 0.15) is 23.3 Å². The summed E-state index contributed by atoms with van der Waals surface area (Å²) >= 11 is 5.66. The van der Waals surface area contributed by atoms with Crippen LogP contribution in [0.5, 0.6) is 11.5 Å². The lowest BCUT2D eigenvalue weighted by Crippen LogP contribution is -2.32. The number of para-hydroxylation sites is 1. The van der Waals surface area contributed by atoms with E-state index < -0.39 is 17.1 Å². The zero-order valence-corrected chi connectivity index (χ0v) is 25.4. The molecule has 3 aromatic carbocycles. The molecule has 42 heavy (non-hydrogen) atoms. The first kappa shape index (κ1) is 28.3. The summed E-state index contributed by atoms with van der Waals surface area (Å²) in [5, 5.41) is 2.66. The van der Waals surface area contributed by atoms with Gasteiger partial charge in [0.15, 0.2) is 18.1 Å². The fourth-order valence-electron chi connectivity index (χ4n) is 5.19. The molecule has 1 saturated heterocycles. The molecule has 0 aliphatic carbocycles. The highest BCUT2D eigenvalue weighted by Crippen LogP contribution is 2.53. The molecule has 3 atom stereocenters. The van der Waals surface area contributed by atoms with Gasteiger partial charge in [-0.3, -0.25) is 19.2 Å². The predicted molar refractivity (Wildman–Crippen MR) is 165 cm³/mol. The van der Waals surface area contributed by atoms with Crippen molar-refractivity contribution in [3.05, 3.63) is 97.4 Å². The zero-order valence-electron chi connectivity index (χ0n) is 22.2. The molecule has 0 radical (unpaired) electrons. The molecule has 2 unspecified atom stereocenters. The third-order valence-electron chi connectivity index (χ3n) is 6.95. The highest BCUT2D eigenvalue weighted by atomic mass is 79.9. The maximum Gasteiger partial charge on any atom is 0.305 e. The number of benzene rings is 3. The maximum absolute atomic E-state index is 13.9. The van der Waals surface area contributed by atoms with Crippen molar-refractivity contribution in [2.45, 2.75) is 23.1 Å². The molecule has 3 amide bonds. The molecule has 2 aliphatic heterocycles. The molecule has 6 rings (SSSR count). The van der Waals surface area contributed by atoms with Crippen molar-refractivity contribution in [1.82, 2.24) is 4.98 Å². The number of carbonyl (C=O) groups is 3. The summed E-state index contributed by atoms with van der Waals surface area (Å²) in [6, 6.07) is 21.3. The van der Waals surface area contributed by atoms with Gasteiger partial charge in [-0.25, -0.2) is 4.90 Å². The molecule has 0 bridgehead atoms. The van der Waals surface area contributed by atoms with Crippen LogP contribution >= 0.6 is 39.0 Å². The van der Waals surface area contributed by atoms with E-state index in [2.05, 4.69) is 26.2 Å². The van der Waals surface area contributed by atoms with E-state index in [1.54, 1.807) is 54.6 Å². The van der Waals surface area contributed by atoms with Crippen LogP contribution in [0.2, 0.25) is 0 Å². The number of thioether (sulfide) groups is 1. The quantitative estimate of drug-likeness (QED) is 0.242. The number of halogens is 1. The van der Waals surface area contributed by atoms with E-state index in [1.165, 1.54) is 16.7 Å². The van der Waals surface area contributed by atoms with Gasteiger partial charge in [0, 0.05) is 21.0 Å². The third-order valence-corrected chi connectivity index (χ3v) is 9.88. The second-order valence-electron chi connectivity index (χ2n) is 9.58. The number of aromatic amines is 1. The molecule has 0 saturated carbocycles. The van der Waals surface area contributed by atoms with Crippen molar-refractivity contribution in [3.63, 3.8) is 0 Å². The molecule has 2 aliphatic rings. The molecular formula is C30H24BrN3O6S2. The van der Waals surface area contributed by atoms with Crippen LogP contribution in [0.4, 0.5) is 11.4 Å². The van der Waals surface area contributed by atoms with Crippen LogP contribution in [0.15, 0.2) is 87.1 Å². The molecule has 2 N–H and O–H groups in total. The van der Waals surface area contributed by atoms with Crippen LogP contribution in [-0.4, -0.2) is 41.2 Å². The Bertz CT molecular complexity index is 1720. The Morgan fingerprint density at radius 3 is 2.48 bits per heavy atom. The molecule has 12 heteroatoms. The Hall–Kier alpha value is -3.87. The average Bonchev–Trinajstić information content (AvgIpc) is 3.47. The number of amides is 3. The van der Waals surface area contributed by atoms with Gasteiger partial charge in [-0.1, -0.05) is 63.3 Å². The Kier molecular flexibility index (Phi) is 7.93. The first-order chi connectivity index (χ1) is 20.3. The van der Waals surface area contributed by atoms with E-state index in [4.69, 9.17) is 9.47 Å². The van der Waals surface area contributed by atoms with Crippen molar-refractivity contribution < 1.29 is 23.9 Å².